The Morgan fingerprint density at radius 2 is 1.83 bits per heavy atom. The summed E-state index contributed by atoms with van der Waals surface area (Å²) in [6.45, 7) is 0. The fraction of sp³-hybridized carbons (Fsp3) is 0. The Balaban J connectivity index is 1.98. The van der Waals surface area contributed by atoms with Gasteiger partial charge in [-0.3, -0.25) is 4.57 Å². The molecule has 0 aliphatic carbocycles. The van der Waals surface area contributed by atoms with Crippen molar-refractivity contribution >= 4 is 48.9 Å². The summed E-state index contributed by atoms with van der Waals surface area (Å²) >= 11 is 3.54. The van der Waals surface area contributed by atoms with E-state index in [4.69, 9.17) is 4.42 Å². The Bertz CT molecular complexity index is 1190. The van der Waals surface area contributed by atoms with Crippen LogP contribution in [0.2, 0.25) is 0 Å². The molecule has 0 amide bonds. The van der Waals surface area contributed by atoms with Crippen molar-refractivity contribution in [3.05, 3.63) is 71.5 Å². The predicted molar refractivity (Wildman–Crippen MR) is 96.0 cm³/mol. The number of fused-ring (bicyclic) bond motifs is 5. The highest BCUT2D eigenvalue weighted by molar-refractivity contribution is 9.10. The highest BCUT2D eigenvalue weighted by Gasteiger charge is 2.14. The van der Waals surface area contributed by atoms with Gasteiger partial charge < -0.3 is 4.42 Å². The number of benzene rings is 3. The second-order valence-corrected chi connectivity index (χ2v) is 6.41. The van der Waals surface area contributed by atoms with Gasteiger partial charge in [-0.05, 0) is 36.4 Å². The van der Waals surface area contributed by atoms with Gasteiger partial charge in [-0.15, -0.1) is 0 Å². The lowest BCUT2D eigenvalue weighted by Gasteiger charge is -2.05. The Hall–Kier alpha value is -2.59. The van der Waals surface area contributed by atoms with E-state index in [0.29, 0.717) is 0 Å². The van der Waals surface area contributed by atoms with E-state index >= 15 is 0 Å². The second kappa shape index (κ2) is 4.70. The molecular formula is C19H11BrN2O. The molecule has 5 rings (SSSR count). The van der Waals surface area contributed by atoms with Gasteiger partial charge in [0.05, 0.1) is 16.4 Å². The van der Waals surface area contributed by atoms with Crippen LogP contribution in [0.15, 0.2) is 75.9 Å². The van der Waals surface area contributed by atoms with Crippen LogP contribution in [0.1, 0.15) is 0 Å². The summed E-state index contributed by atoms with van der Waals surface area (Å²) in [5.41, 5.74) is 4.89. The predicted octanol–water partition coefficient (Wildman–Crippen LogP) is 5.69. The maximum Gasteiger partial charge on any atom is 0.137 e. The summed E-state index contributed by atoms with van der Waals surface area (Å²) in [6, 6.07) is 20.3. The number of hydrogen-bond donors (Lipinski definition) is 0. The second-order valence-electron chi connectivity index (χ2n) is 5.50. The van der Waals surface area contributed by atoms with Gasteiger partial charge in [0.15, 0.2) is 0 Å². The van der Waals surface area contributed by atoms with Crippen molar-refractivity contribution in [2.75, 3.05) is 0 Å². The van der Waals surface area contributed by atoms with Gasteiger partial charge in [-0.2, -0.15) is 0 Å². The molecule has 0 saturated heterocycles. The monoisotopic (exact) mass is 362 g/mol. The lowest BCUT2D eigenvalue weighted by molar-refractivity contribution is 0.669. The zero-order chi connectivity index (χ0) is 15.4. The third-order valence-corrected chi connectivity index (χ3v) is 4.63. The summed E-state index contributed by atoms with van der Waals surface area (Å²) in [5.74, 6) is 0. The van der Waals surface area contributed by atoms with Crippen LogP contribution in [0.4, 0.5) is 0 Å². The Morgan fingerprint density at radius 1 is 0.913 bits per heavy atom. The first-order valence-corrected chi connectivity index (χ1v) is 8.14. The zero-order valence-corrected chi connectivity index (χ0v) is 13.6. The molecule has 0 atom stereocenters. The summed E-state index contributed by atoms with van der Waals surface area (Å²) < 4.78 is 9.15. The summed E-state index contributed by atoms with van der Waals surface area (Å²) in [4.78, 5) is 4.57. The molecule has 3 aromatic carbocycles. The van der Waals surface area contributed by atoms with E-state index in [1.165, 1.54) is 0 Å². The zero-order valence-electron chi connectivity index (χ0n) is 12.0. The minimum atomic E-state index is 0.885. The SMILES string of the molecule is Brc1cccc(-n2cnc3ccc4oc5ccccc5c4c32)c1. The molecule has 0 aliphatic rings. The number of rotatable bonds is 1. The van der Waals surface area contributed by atoms with Gasteiger partial charge in [-0.25, -0.2) is 4.98 Å². The van der Waals surface area contributed by atoms with Crippen molar-refractivity contribution in [2.45, 2.75) is 0 Å². The maximum absolute atomic E-state index is 5.99. The minimum absolute atomic E-state index is 0.885. The number of hydrogen-bond acceptors (Lipinski definition) is 2. The molecule has 4 heteroatoms. The topological polar surface area (TPSA) is 31.0 Å². The molecule has 110 valence electrons. The summed E-state index contributed by atoms with van der Waals surface area (Å²) in [7, 11) is 0. The first-order valence-electron chi connectivity index (χ1n) is 7.34. The fourth-order valence-electron chi connectivity index (χ4n) is 3.14. The molecule has 5 aromatic rings. The molecule has 23 heavy (non-hydrogen) atoms. The average Bonchev–Trinajstić information content (AvgIpc) is 3.15. The van der Waals surface area contributed by atoms with E-state index in [-0.39, 0.29) is 0 Å². The minimum Gasteiger partial charge on any atom is -0.456 e. The smallest absolute Gasteiger partial charge is 0.137 e. The number of nitrogens with zero attached hydrogens (tertiary/aromatic N) is 2. The van der Waals surface area contributed by atoms with Crippen LogP contribution in [-0.4, -0.2) is 9.55 Å². The van der Waals surface area contributed by atoms with Crippen LogP contribution in [0.3, 0.4) is 0 Å². The molecule has 0 saturated carbocycles. The highest BCUT2D eigenvalue weighted by atomic mass is 79.9. The van der Waals surface area contributed by atoms with Crippen molar-refractivity contribution in [1.82, 2.24) is 9.55 Å². The number of imidazole rings is 1. The molecule has 0 unspecified atom stereocenters. The summed E-state index contributed by atoms with van der Waals surface area (Å²) in [5, 5.41) is 2.22. The van der Waals surface area contributed by atoms with Gasteiger partial charge in [0.1, 0.15) is 17.5 Å². The molecule has 2 heterocycles. The molecular weight excluding hydrogens is 352 g/mol. The molecule has 2 aromatic heterocycles. The van der Waals surface area contributed by atoms with E-state index in [1.54, 1.807) is 0 Å². The highest BCUT2D eigenvalue weighted by Crippen LogP contribution is 2.35. The summed E-state index contributed by atoms with van der Waals surface area (Å²) in [6.07, 6.45) is 1.87. The Morgan fingerprint density at radius 3 is 2.74 bits per heavy atom. The molecule has 0 bridgehead atoms. The lowest BCUT2D eigenvalue weighted by Crippen LogP contribution is -1.92. The number of para-hydroxylation sites is 1. The number of furan rings is 1. The molecule has 0 spiro atoms. The first kappa shape index (κ1) is 12.9. The van der Waals surface area contributed by atoms with Crippen LogP contribution in [0.5, 0.6) is 0 Å². The Kier molecular flexibility index (Phi) is 2.64. The van der Waals surface area contributed by atoms with Crippen LogP contribution in [0, 0.1) is 0 Å². The molecule has 0 N–H and O–H groups in total. The van der Waals surface area contributed by atoms with Crippen molar-refractivity contribution in [3.63, 3.8) is 0 Å². The van der Waals surface area contributed by atoms with E-state index in [2.05, 4.69) is 43.7 Å². The third-order valence-electron chi connectivity index (χ3n) is 4.13. The fourth-order valence-corrected chi connectivity index (χ4v) is 3.52. The largest absolute Gasteiger partial charge is 0.456 e. The van der Waals surface area contributed by atoms with Gasteiger partial charge in [0, 0.05) is 15.5 Å². The van der Waals surface area contributed by atoms with Gasteiger partial charge in [0.25, 0.3) is 0 Å². The normalized spacial score (nSPS) is 11.7. The van der Waals surface area contributed by atoms with Crippen molar-refractivity contribution in [3.8, 4) is 5.69 Å². The molecule has 0 aliphatic heterocycles. The van der Waals surface area contributed by atoms with Gasteiger partial charge in [0.2, 0.25) is 0 Å². The van der Waals surface area contributed by atoms with Crippen LogP contribution in [0.25, 0.3) is 38.7 Å². The standard InChI is InChI=1S/C19H11BrN2O/c20-12-4-3-5-13(10-12)22-11-21-15-8-9-17-18(19(15)22)14-6-1-2-7-16(14)23-17/h1-11H. The Labute approximate surface area is 140 Å². The number of aromatic nitrogens is 2. The van der Waals surface area contributed by atoms with Crippen molar-refractivity contribution in [1.29, 1.82) is 0 Å². The average molecular weight is 363 g/mol. The van der Waals surface area contributed by atoms with Crippen LogP contribution in [-0.2, 0) is 0 Å². The van der Waals surface area contributed by atoms with Crippen LogP contribution >= 0.6 is 15.9 Å². The van der Waals surface area contributed by atoms with E-state index in [1.807, 2.05) is 48.8 Å². The van der Waals surface area contributed by atoms with Gasteiger partial charge >= 0.3 is 0 Å². The third kappa shape index (κ3) is 1.85. The van der Waals surface area contributed by atoms with Crippen molar-refractivity contribution in [2.24, 2.45) is 0 Å². The van der Waals surface area contributed by atoms with Gasteiger partial charge in [-0.1, -0.05) is 40.2 Å². The quantitative estimate of drug-likeness (QED) is 0.383. The molecule has 0 radical (unpaired) electrons. The van der Waals surface area contributed by atoms with E-state index in [9.17, 15) is 0 Å². The molecule has 0 fully saturated rings. The molecule has 3 nitrogen and oxygen atoms in total. The lowest BCUT2D eigenvalue weighted by atomic mass is 10.1. The first-order chi connectivity index (χ1) is 11.3. The number of halogens is 1. The van der Waals surface area contributed by atoms with E-state index < -0.39 is 0 Å². The maximum atomic E-state index is 5.99. The van der Waals surface area contributed by atoms with E-state index in [0.717, 1.165) is 43.1 Å². The van der Waals surface area contributed by atoms with Crippen LogP contribution < -0.4 is 0 Å². The van der Waals surface area contributed by atoms with Crippen molar-refractivity contribution < 1.29 is 4.42 Å².